The second-order valence-electron chi connectivity index (χ2n) is 4.49. The minimum Gasteiger partial charge on any atom is -0.346 e. The van der Waals surface area contributed by atoms with E-state index in [9.17, 15) is 0 Å². The molecule has 0 bridgehead atoms. The summed E-state index contributed by atoms with van der Waals surface area (Å²) in [7, 11) is 0. The zero-order chi connectivity index (χ0) is 9.43. The molecule has 0 amide bonds. The zero-order valence-corrected chi connectivity index (χ0v) is 9.72. The van der Waals surface area contributed by atoms with Gasteiger partial charge in [-0.05, 0) is 13.0 Å². The average Bonchev–Trinajstić information content (AvgIpc) is 2.50. The summed E-state index contributed by atoms with van der Waals surface area (Å²) in [6, 6.07) is 0.722. The van der Waals surface area contributed by atoms with Gasteiger partial charge in [0.15, 0.2) is 5.79 Å². The molecule has 15 heavy (non-hydrogen) atoms. The normalized spacial score (nSPS) is 31.2. The highest BCUT2D eigenvalue weighted by molar-refractivity contribution is 5.85. The summed E-state index contributed by atoms with van der Waals surface area (Å²) in [5.41, 5.74) is 0. The van der Waals surface area contributed by atoms with E-state index in [-0.39, 0.29) is 18.2 Å². The molecular formula is C10H19ClN2O2. The molecule has 0 aliphatic carbocycles. The standard InChI is InChI=1S/C10H18N2O2.ClH/c1-2-10(13-4-5-14-10)8-12(3-1)9-6-11-7-9;/h9,11H,1-8H2;1H. The maximum atomic E-state index is 5.75. The Balaban J connectivity index is 0.000000853. The Hall–Kier alpha value is 0.130. The minimum atomic E-state index is -0.242. The molecule has 4 nitrogen and oxygen atoms in total. The first kappa shape index (κ1) is 11.6. The highest BCUT2D eigenvalue weighted by Crippen LogP contribution is 2.31. The summed E-state index contributed by atoms with van der Waals surface area (Å²) in [4.78, 5) is 2.52. The largest absolute Gasteiger partial charge is 0.346 e. The van der Waals surface area contributed by atoms with E-state index in [2.05, 4.69) is 10.2 Å². The quantitative estimate of drug-likeness (QED) is 0.704. The van der Waals surface area contributed by atoms with Crippen molar-refractivity contribution in [3.05, 3.63) is 0 Å². The third kappa shape index (κ3) is 2.15. The number of nitrogens with one attached hydrogen (secondary N) is 1. The summed E-state index contributed by atoms with van der Waals surface area (Å²) in [6.45, 7) is 6.00. The zero-order valence-electron chi connectivity index (χ0n) is 8.91. The highest BCUT2D eigenvalue weighted by Gasteiger charge is 2.43. The van der Waals surface area contributed by atoms with Gasteiger partial charge in [0.25, 0.3) is 0 Å². The van der Waals surface area contributed by atoms with Crippen molar-refractivity contribution >= 4 is 12.4 Å². The smallest absolute Gasteiger partial charge is 0.181 e. The Bertz CT molecular complexity index is 217. The molecule has 0 aromatic rings. The second kappa shape index (κ2) is 4.55. The molecular weight excluding hydrogens is 216 g/mol. The van der Waals surface area contributed by atoms with E-state index < -0.39 is 0 Å². The Morgan fingerprint density at radius 3 is 2.53 bits per heavy atom. The van der Waals surface area contributed by atoms with Gasteiger partial charge < -0.3 is 14.8 Å². The molecule has 3 saturated heterocycles. The monoisotopic (exact) mass is 234 g/mol. The van der Waals surface area contributed by atoms with Crippen molar-refractivity contribution in [2.75, 3.05) is 39.4 Å². The Labute approximate surface area is 96.7 Å². The Morgan fingerprint density at radius 2 is 1.93 bits per heavy atom. The molecule has 0 unspecified atom stereocenters. The van der Waals surface area contributed by atoms with E-state index in [1.807, 2.05) is 0 Å². The Morgan fingerprint density at radius 1 is 1.20 bits per heavy atom. The van der Waals surface area contributed by atoms with Crippen LogP contribution in [0.25, 0.3) is 0 Å². The van der Waals surface area contributed by atoms with Crippen LogP contribution < -0.4 is 5.32 Å². The van der Waals surface area contributed by atoms with E-state index in [1.165, 1.54) is 13.0 Å². The van der Waals surface area contributed by atoms with Crippen molar-refractivity contribution in [3.8, 4) is 0 Å². The number of halogens is 1. The van der Waals surface area contributed by atoms with Gasteiger partial charge in [0.2, 0.25) is 0 Å². The van der Waals surface area contributed by atoms with Crippen molar-refractivity contribution < 1.29 is 9.47 Å². The molecule has 88 valence electrons. The molecule has 3 heterocycles. The van der Waals surface area contributed by atoms with E-state index in [0.29, 0.717) is 0 Å². The van der Waals surface area contributed by atoms with E-state index in [0.717, 1.165) is 45.3 Å². The fourth-order valence-electron chi connectivity index (χ4n) is 2.59. The summed E-state index contributed by atoms with van der Waals surface area (Å²) < 4.78 is 11.5. The van der Waals surface area contributed by atoms with Crippen molar-refractivity contribution in [2.45, 2.75) is 24.7 Å². The third-order valence-corrected chi connectivity index (χ3v) is 3.54. The number of piperidine rings is 1. The van der Waals surface area contributed by atoms with Crippen LogP contribution in [-0.4, -0.2) is 56.1 Å². The van der Waals surface area contributed by atoms with Crippen LogP contribution in [0.4, 0.5) is 0 Å². The van der Waals surface area contributed by atoms with Crippen LogP contribution in [0, 0.1) is 0 Å². The maximum Gasteiger partial charge on any atom is 0.181 e. The molecule has 0 radical (unpaired) electrons. The number of likely N-dealkylation sites (tertiary alicyclic amines) is 1. The van der Waals surface area contributed by atoms with Crippen LogP contribution in [0.1, 0.15) is 12.8 Å². The van der Waals surface area contributed by atoms with Crippen molar-refractivity contribution in [2.24, 2.45) is 0 Å². The Kier molecular flexibility index (Phi) is 3.52. The van der Waals surface area contributed by atoms with Crippen LogP contribution in [0.2, 0.25) is 0 Å². The predicted octanol–water partition coefficient (Wildman–Crippen LogP) is 0.219. The first-order valence-corrected chi connectivity index (χ1v) is 5.61. The molecule has 0 saturated carbocycles. The lowest BCUT2D eigenvalue weighted by molar-refractivity contribution is -0.195. The molecule has 3 aliphatic rings. The van der Waals surface area contributed by atoms with Crippen LogP contribution in [0.15, 0.2) is 0 Å². The number of ether oxygens (including phenoxy) is 2. The van der Waals surface area contributed by atoms with Gasteiger partial charge in [-0.1, -0.05) is 0 Å². The predicted molar refractivity (Wildman–Crippen MR) is 59.3 cm³/mol. The molecule has 1 spiro atoms. The number of hydrogen-bond donors (Lipinski definition) is 1. The second-order valence-corrected chi connectivity index (χ2v) is 4.49. The highest BCUT2D eigenvalue weighted by atomic mass is 35.5. The lowest BCUT2D eigenvalue weighted by Crippen LogP contribution is -2.62. The van der Waals surface area contributed by atoms with Crippen molar-refractivity contribution in [1.29, 1.82) is 0 Å². The van der Waals surface area contributed by atoms with Gasteiger partial charge in [-0.2, -0.15) is 0 Å². The summed E-state index contributed by atoms with van der Waals surface area (Å²) in [5, 5.41) is 3.31. The van der Waals surface area contributed by atoms with Gasteiger partial charge >= 0.3 is 0 Å². The van der Waals surface area contributed by atoms with Gasteiger partial charge in [-0.3, -0.25) is 4.90 Å². The van der Waals surface area contributed by atoms with Gasteiger partial charge in [0, 0.05) is 25.6 Å². The molecule has 5 heteroatoms. The van der Waals surface area contributed by atoms with Crippen molar-refractivity contribution in [3.63, 3.8) is 0 Å². The maximum absolute atomic E-state index is 5.75. The summed E-state index contributed by atoms with van der Waals surface area (Å²) in [5.74, 6) is -0.242. The van der Waals surface area contributed by atoms with E-state index >= 15 is 0 Å². The van der Waals surface area contributed by atoms with Gasteiger partial charge in [0.1, 0.15) is 0 Å². The van der Waals surface area contributed by atoms with Gasteiger partial charge in [-0.15, -0.1) is 12.4 Å². The van der Waals surface area contributed by atoms with Gasteiger partial charge in [0.05, 0.1) is 19.8 Å². The molecule has 0 aromatic heterocycles. The molecule has 3 aliphatic heterocycles. The molecule has 1 N–H and O–H groups in total. The first-order valence-electron chi connectivity index (χ1n) is 5.61. The number of hydrogen-bond acceptors (Lipinski definition) is 4. The fraction of sp³-hybridized carbons (Fsp3) is 1.00. The van der Waals surface area contributed by atoms with Gasteiger partial charge in [-0.25, -0.2) is 0 Å². The molecule has 0 atom stereocenters. The van der Waals surface area contributed by atoms with E-state index in [1.54, 1.807) is 0 Å². The average molecular weight is 235 g/mol. The van der Waals surface area contributed by atoms with Crippen LogP contribution in [-0.2, 0) is 9.47 Å². The van der Waals surface area contributed by atoms with Crippen molar-refractivity contribution in [1.82, 2.24) is 10.2 Å². The molecule has 0 aromatic carbocycles. The number of nitrogens with zero attached hydrogens (tertiary/aromatic N) is 1. The summed E-state index contributed by atoms with van der Waals surface area (Å²) >= 11 is 0. The lowest BCUT2D eigenvalue weighted by atomic mass is 10.0. The van der Waals surface area contributed by atoms with Crippen LogP contribution in [0.5, 0.6) is 0 Å². The first-order chi connectivity index (χ1) is 6.88. The molecule has 3 fully saturated rings. The molecule has 3 rings (SSSR count). The minimum absolute atomic E-state index is 0. The SMILES string of the molecule is C1CN(C2CNC2)CC2(C1)OCCO2.Cl. The van der Waals surface area contributed by atoms with Crippen LogP contribution >= 0.6 is 12.4 Å². The lowest BCUT2D eigenvalue weighted by Gasteiger charge is -2.45. The van der Waals surface area contributed by atoms with Crippen LogP contribution in [0.3, 0.4) is 0 Å². The topological polar surface area (TPSA) is 33.7 Å². The fourth-order valence-corrected chi connectivity index (χ4v) is 2.59. The summed E-state index contributed by atoms with van der Waals surface area (Å²) in [6.07, 6.45) is 2.28. The number of rotatable bonds is 1. The van der Waals surface area contributed by atoms with E-state index in [4.69, 9.17) is 9.47 Å². The third-order valence-electron chi connectivity index (χ3n) is 3.54.